The standard InChI is InChI=1S/C13H19F3N2OS/c1-8-9(2)18(7-11-5-4-6-19-11)12(17-8)20-10(3)13(14,15)16/h10-11H,4-7H2,1-3H3/t10-,11-/m0/s1. The summed E-state index contributed by atoms with van der Waals surface area (Å²) >= 11 is 0.767. The van der Waals surface area contributed by atoms with Crippen LogP contribution in [0.5, 0.6) is 0 Å². The Morgan fingerprint density at radius 1 is 1.45 bits per heavy atom. The maximum atomic E-state index is 12.7. The second kappa shape index (κ2) is 5.97. The lowest BCUT2D eigenvalue weighted by Crippen LogP contribution is -2.23. The minimum Gasteiger partial charge on any atom is -0.376 e. The molecule has 0 aromatic carbocycles. The second-order valence-corrected chi connectivity index (χ2v) is 6.42. The molecule has 0 spiro atoms. The molecule has 0 radical (unpaired) electrons. The third-order valence-corrected chi connectivity index (χ3v) is 4.72. The van der Waals surface area contributed by atoms with Gasteiger partial charge in [-0.2, -0.15) is 13.2 Å². The quantitative estimate of drug-likeness (QED) is 0.793. The van der Waals surface area contributed by atoms with Gasteiger partial charge >= 0.3 is 6.18 Å². The number of hydrogen-bond donors (Lipinski definition) is 0. The molecule has 114 valence electrons. The first-order valence-corrected chi connectivity index (χ1v) is 7.55. The van der Waals surface area contributed by atoms with Crippen molar-refractivity contribution in [2.24, 2.45) is 0 Å². The molecule has 0 saturated carbocycles. The van der Waals surface area contributed by atoms with Gasteiger partial charge in [0.05, 0.1) is 18.3 Å². The van der Waals surface area contributed by atoms with Gasteiger partial charge in [-0.05, 0) is 33.6 Å². The van der Waals surface area contributed by atoms with E-state index in [0.29, 0.717) is 11.7 Å². The zero-order valence-electron chi connectivity index (χ0n) is 11.8. The Morgan fingerprint density at radius 2 is 2.15 bits per heavy atom. The molecule has 1 fully saturated rings. The first kappa shape index (κ1) is 15.7. The minimum atomic E-state index is -4.22. The van der Waals surface area contributed by atoms with E-state index in [1.54, 1.807) is 0 Å². The van der Waals surface area contributed by atoms with E-state index in [-0.39, 0.29) is 6.10 Å². The van der Waals surface area contributed by atoms with Crippen molar-refractivity contribution in [2.75, 3.05) is 6.61 Å². The number of aromatic nitrogens is 2. The second-order valence-electron chi connectivity index (χ2n) is 5.11. The summed E-state index contributed by atoms with van der Waals surface area (Å²) in [6.45, 7) is 6.20. The number of ether oxygens (including phenoxy) is 1. The lowest BCUT2D eigenvalue weighted by atomic mass is 10.2. The molecule has 7 heteroatoms. The monoisotopic (exact) mass is 308 g/mol. The van der Waals surface area contributed by atoms with E-state index in [2.05, 4.69) is 4.98 Å². The van der Waals surface area contributed by atoms with Gasteiger partial charge in [0.25, 0.3) is 0 Å². The van der Waals surface area contributed by atoms with Crippen LogP contribution in [0.1, 0.15) is 31.2 Å². The van der Waals surface area contributed by atoms with E-state index < -0.39 is 11.4 Å². The maximum absolute atomic E-state index is 12.7. The predicted octanol–water partition coefficient (Wildman–Crippen LogP) is 3.72. The number of halogens is 3. The lowest BCUT2D eigenvalue weighted by molar-refractivity contribution is -0.125. The maximum Gasteiger partial charge on any atom is 0.400 e. The van der Waals surface area contributed by atoms with Gasteiger partial charge in [-0.15, -0.1) is 0 Å². The van der Waals surface area contributed by atoms with E-state index in [0.717, 1.165) is 42.6 Å². The molecule has 0 aliphatic carbocycles. The number of rotatable bonds is 4. The number of nitrogens with zero attached hydrogens (tertiary/aromatic N) is 2. The first-order chi connectivity index (χ1) is 9.29. The van der Waals surface area contributed by atoms with E-state index in [1.165, 1.54) is 6.92 Å². The van der Waals surface area contributed by atoms with Crippen LogP contribution in [0.2, 0.25) is 0 Å². The van der Waals surface area contributed by atoms with Crippen LogP contribution < -0.4 is 0 Å². The summed E-state index contributed by atoms with van der Waals surface area (Å²) in [5, 5.41) is -1.03. The van der Waals surface area contributed by atoms with Gasteiger partial charge in [-0.3, -0.25) is 0 Å². The lowest BCUT2D eigenvalue weighted by Gasteiger charge is -2.18. The molecule has 0 amide bonds. The molecular weight excluding hydrogens is 289 g/mol. The molecule has 0 bridgehead atoms. The normalized spacial score (nSPS) is 21.4. The Balaban J connectivity index is 2.17. The van der Waals surface area contributed by atoms with Crippen molar-refractivity contribution in [3.8, 4) is 0 Å². The molecule has 0 N–H and O–H groups in total. The topological polar surface area (TPSA) is 27.1 Å². The molecule has 2 rings (SSSR count). The smallest absolute Gasteiger partial charge is 0.376 e. The van der Waals surface area contributed by atoms with Crippen LogP contribution in [0.15, 0.2) is 5.16 Å². The third-order valence-electron chi connectivity index (χ3n) is 3.58. The van der Waals surface area contributed by atoms with E-state index in [9.17, 15) is 13.2 Å². The Labute approximate surface area is 120 Å². The zero-order valence-corrected chi connectivity index (χ0v) is 12.6. The molecule has 20 heavy (non-hydrogen) atoms. The Hall–Kier alpha value is -0.690. The van der Waals surface area contributed by atoms with Crippen LogP contribution in [0.25, 0.3) is 0 Å². The number of thioether (sulfide) groups is 1. The summed E-state index contributed by atoms with van der Waals surface area (Å²) in [6, 6.07) is 0. The molecule has 2 atom stereocenters. The summed E-state index contributed by atoms with van der Waals surface area (Å²) in [7, 11) is 0. The number of aryl methyl sites for hydroxylation is 1. The van der Waals surface area contributed by atoms with E-state index in [4.69, 9.17) is 4.74 Å². The average molecular weight is 308 g/mol. The highest BCUT2D eigenvalue weighted by atomic mass is 32.2. The highest BCUT2D eigenvalue weighted by Gasteiger charge is 2.38. The fourth-order valence-corrected chi connectivity index (χ4v) is 3.12. The van der Waals surface area contributed by atoms with Crippen molar-refractivity contribution in [1.82, 2.24) is 9.55 Å². The number of alkyl halides is 3. The summed E-state index contributed by atoms with van der Waals surface area (Å²) in [6.07, 6.45) is -2.16. The summed E-state index contributed by atoms with van der Waals surface area (Å²) in [5.74, 6) is 0. The third kappa shape index (κ3) is 3.49. The van der Waals surface area contributed by atoms with Crippen molar-refractivity contribution in [3.05, 3.63) is 11.4 Å². The van der Waals surface area contributed by atoms with Crippen LogP contribution in [-0.2, 0) is 11.3 Å². The molecule has 1 saturated heterocycles. The van der Waals surface area contributed by atoms with Crippen LogP contribution >= 0.6 is 11.8 Å². The van der Waals surface area contributed by atoms with E-state index in [1.807, 2.05) is 18.4 Å². The van der Waals surface area contributed by atoms with Gasteiger partial charge < -0.3 is 9.30 Å². The van der Waals surface area contributed by atoms with Crippen molar-refractivity contribution >= 4 is 11.8 Å². The fraction of sp³-hybridized carbons (Fsp3) is 0.769. The Kier molecular flexibility index (Phi) is 4.69. The largest absolute Gasteiger partial charge is 0.400 e. The fourth-order valence-electron chi connectivity index (χ4n) is 2.15. The van der Waals surface area contributed by atoms with Crippen LogP contribution in [0.4, 0.5) is 13.2 Å². The van der Waals surface area contributed by atoms with Crippen LogP contribution in [-0.4, -0.2) is 33.7 Å². The SMILES string of the molecule is Cc1nc(S[C@@H](C)C(F)(F)F)n(C[C@@H]2CCCO2)c1C. The zero-order chi connectivity index (χ0) is 14.9. The van der Waals surface area contributed by atoms with Crippen molar-refractivity contribution in [1.29, 1.82) is 0 Å². The predicted molar refractivity (Wildman–Crippen MR) is 72.0 cm³/mol. The summed E-state index contributed by atoms with van der Waals surface area (Å²) < 4.78 is 45.5. The first-order valence-electron chi connectivity index (χ1n) is 6.67. The number of hydrogen-bond acceptors (Lipinski definition) is 3. The van der Waals surface area contributed by atoms with Crippen molar-refractivity contribution < 1.29 is 17.9 Å². The van der Waals surface area contributed by atoms with Gasteiger partial charge in [-0.1, -0.05) is 11.8 Å². The molecule has 2 heterocycles. The molecule has 3 nitrogen and oxygen atoms in total. The minimum absolute atomic E-state index is 0.0860. The highest BCUT2D eigenvalue weighted by molar-refractivity contribution is 7.99. The summed E-state index contributed by atoms with van der Waals surface area (Å²) in [4.78, 5) is 4.28. The molecule has 1 aliphatic heterocycles. The van der Waals surface area contributed by atoms with Crippen molar-refractivity contribution in [3.63, 3.8) is 0 Å². The van der Waals surface area contributed by atoms with Gasteiger partial charge in [0.15, 0.2) is 5.16 Å². The number of imidazole rings is 1. The average Bonchev–Trinajstić information content (AvgIpc) is 2.93. The van der Waals surface area contributed by atoms with Gasteiger partial charge in [-0.25, -0.2) is 4.98 Å². The van der Waals surface area contributed by atoms with Crippen LogP contribution in [0.3, 0.4) is 0 Å². The molecular formula is C13H19F3N2OS. The molecule has 1 aromatic rings. The summed E-state index contributed by atoms with van der Waals surface area (Å²) in [5.41, 5.74) is 1.69. The van der Waals surface area contributed by atoms with Crippen molar-refractivity contribution in [2.45, 2.75) is 62.8 Å². The van der Waals surface area contributed by atoms with Gasteiger partial charge in [0, 0.05) is 12.3 Å². The van der Waals surface area contributed by atoms with Crippen LogP contribution in [0, 0.1) is 13.8 Å². The Bertz CT molecular complexity index is 467. The Morgan fingerprint density at radius 3 is 2.70 bits per heavy atom. The van der Waals surface area contributed by atoms with Gasteiger partial charge in [0.2, 0.25) is 0 Å². The molecule has 0 unspecified atom stereocenters. The van der Waals surface area contributed by atoms with E-state index >= 15 is 0 Å². The molecule has 1 aliphatic rings. The highest BCUT2D eigenvalue weighted by Crippen LogP contribution is 2.35. The molecule has 1 aromatic heterocycles. The van der Waals surface area contributed by atoms with Gasteiger partial charge in [0.1, 0.15) is 5.25 Å².